The van der Waals surface area contributed by atoms with Crippen molar-refractivity contribution in [2.45, 2.75) is 25.8 Å². The minimum atomic E-state index is 0.181. The van der Waals surface area contributed by atoms with Gasteiger partial charge in [0, 0.05) is 50.4 Å². The highest BCUT2D eigenvalue weighted by molar-refractivity contribution is 5.85. The number of aromatic nitrogens is 4. The van der Waals surface area contributed by atoms with Gasteiger partial charge in [0.15, 0.2) is 28.5 Å². The summed E-state index contributed by atoms with van der Waals surface area (Å²) in [6.45, 7) is 2.53. The number of hydrogen-bond donors (Lipinski definition) is 3. The molecule has 0 spiro atoms. The zero-order valence-corrected chi connectivity index (χ0v) is 22.8. The minimum Gasteiger partial charge on any atom is -0.508 e. The predicted molar refractivity (Wildman–Crippen MR) is 151 cm³/mol. The summed E-state index contributed by atoms with van der Waals surface area (Å²) in [5, 5.41) is 16.2. The maximum Gasteiger partial charge on any atom is 0.231 e. The highest BCUT2D eigenvalue weighted by Gasteiger charge is 2.21. The lowest BCUT2D eigenvalue weighted by atomic mass is 10.1. The first kappa shape index (κ1) is 26.9. The summed E-state index contributed by atoms with van der Waals surface area (Å²) in [7, 11) is 4.67. The van der Waals surface area contributed by atoms with Crippen LogP contribution in [0.2, 0.25) is 0 Å². The molecule has 0 radical (unpaired) electrons. The fourth-order valence-corrected chi connectivity index (χ4v) is 4.73. The molecule has 4 aromatic rings. The lowest BCUT2D eigenvalue weighted by Crippen LogP contribution is -2.28. The van der Waals surface area contributed by atoms with Gasteiger partial charge in [-0.3, -0.25) is 4.79 Å². The number of anilines is 3. The summed E-state index contributed by atoms with van der Waals surface area (Å²) < 4.78 is 18.4. The van der Waals surface area contributed by atoms with Crippen LogP contribution in [0.1, 0.15) is 18.4 Å². The predicted octanol–water partition coefficient (Wildman–Crippen LogP) is 3.58. The van der Waals surface area contributed by atoms with Gasteiger partial charge in [0.25, 0.3) is 0 Å². The fraction of sp³-hybridized carbons (Fsp3) is 0.357. The number of carbonyl (C=O) groups excluding carboxylic acids is 1. The lowest BCUT2D eigenvalue weighted by molar-refractivity contribution is -0.127. The van der Waals surface area contributed by atoms with Crippen LogP contribution in [0.5, 0.6) is 23.0 Å². The third-order valence-electron chi connectivity index (χ3n) is 6.81. The molecule has 12 nitrogen and oxygen atoms in total. The van der Waals surface area contributed by atoms with Gasteiger partial charge in [-0.25, -0.2) is 4.98 Å². The van der Waals surface area contributed by atoms with Crippen LogP contribution in [0.4, 0.5) is 17.5 Å². The monoisotopic (exact) mass is 547 g/mol. The van der Waals surface area contributed by atoms with Crippen LogP contribution in [0.3, 0.4) is 0 Å². The Morgan fingerprint density at radius 3 is 2.40 bits per heavy atom. The van der Waals surface area contributed by atoms with Crippen molar-refractivity contribution in [1.29, 1.82) is 0 Å². The third kappa shape index (κ3) is 5.80. The molecule has 5 rings (SSSR count). The molecule has 1 aliphatic rings. The molecule has 0 unspecified atom stereocenters. The normalized spacial score (nSPS) is 13.1. The molecular weight excluding hydrogens is 514 g/mol. The Kier molecular flexibility index (Phi) is 8.04. The lowest BCUT2D eigenvalue weighted by Gasteiger charge is -2.16. The number of aromatic hydroxyl groups is 1. The SMILES string of the molecule is COc1cc(Nc2nc(NCCc3ccc(O)cc3)c3ncn(CCN4CCCC4=O)c3n2)cc(OC)c1OC. The molecule has 1 amide bonds. The molecule has 0 saturated carbocycles. The van der Waals surface area contributed by atoms with E-state index in [4.69, 9.17) is 24.2 Å². The van der Waals surface area contributed by atoms with Crippen LogP contribution in [0.15, 0.2) is 42.7 Å². The first-order valence-corrected chi connectivity index (χ1v) is 13.1. The molecule has 210 valence electrons. The summed E-state index contributed by atoms with van der Waals surface area (Å²) in [5.74, 6) is 2.83. The molecule has 1 saturated heterocycles. The Morgan fingerprint density at radius 1 is 1.00 bits per heavy atom. The zero-order valence-electron chi connectivity index (χ0n) is 22.8. The van der Waals surface area contributed by atoms with E-state index in [9.17, 15) is 9.90 Å². The summed E-state index contributed by atoms with van der Waals surface area (Å²) in [4.78, 5) is 28.1. The maximum atomic E-state index is 12.1. The van der Waals surface area contributed by atoms with Gasteiger partial charge in [0.1, 0.15) is 5.75 Å². The average molecular weight is 548 g/mol. The van der Waals surface area contributed by atoms with Crippen molar-refractivity contribution in [3.05, 3.63) is 48.3 Å². The van der Waals surface area contributed by atoms with Gasteiger partial charge in [0.05, 0.1) is 27.7 Å². The van der Waals surface area contributed by atoms with Gasteiger partial charge < -0.3 is 39.4 Å². The summed E-state index contributed by atoms with van der Waals surface area (Å²) in [6.07, 6.45) is 3.95. The zero-order chi connectivity index (χ0) is 28.1. The molecule has 3 N–H and O–H groups in total. The van der Waals surface area contributed by atoms with E-state index in [0.29, 0.717) is 71.9 Å². The number of nitrogens with one attached hydrogen (secondary N) is 2. The first-order valence-electron chi connectivity index (χ1n) is 13.1. The number of fused-ring (bicyclic) bond motifs is 1. The van der Waals surface area contributed by atoms with Crippen LogP contribution in [0.25, 0.3) is 11.2 Å². The molecule has 40 heavy (non-hydrogen) atoms. The number of phenols is 1. The Labute approximate surface area is 231 Å². The van der Waals surface area contributed by atoms with Crippen LogP contribution >= 0.6 is 0 Å². The van der Waals surface area contributed by atoms with E-state index in [0.717, 1.165) is 24.9 Å². The van der Waals surface area contributed by atoms with Crippen molar-refractivity contribution in [2.75, 3.05) is 51.6 Å². The van der Waals surface area contributed by atoms with E-state index < -0.39 is 0 Å². The number of benzene rings is 2. The number of carbonyl (C=O) groups is 1. The number of phenolic OH excluding ortho intramolecular Hbond substituents is 1. The van der Waals surface area contributed by atoms with E-state index in [1.54, 1.807) is 51.9 Å². The van der Waals surface area contributed by atoms with Crippen molar-refractivity contribution in [3.8, 4) is 23.0 Å². The van der Waals surface area contributed by atoms with E-state index in [2.05, 4.69) is 15.6 Å². The van der Waals surface area contributed by atoms with Crippen LogP contribution in [-0.4, -0.2) is 76.4 Å². The third-order valence-corrected chi connectivity index (χ3v) is 6.81. The molecule has 0 bridgehead atoms. The first-order chi connectivity index (χ1) is 19.5. The van der Waals surface area contributed by atoms with Gasteiger partial charge in [-0.1, -0.05) is 12.1 Å². The number of methoxy groups -OCH3 is 3. The smallest absolute Gasteiger partial charge is 0.231 e. The van der Waals surface area contributed by atoms with Crippen LogP contribution in [0, 0.1) is 0 Å². The number of amides is 1. The molecule has 1 aliphatic heterocycles. The topological polar surface area (TPSA) is 136 Å². The summed E-state index contributed by atoms with van der Waals surface area (Å²) in [5.41, 5.74) is 3.00. The Bertz CT molecular complexity index is 1460. The highest BCUT2D eigenvalue weighted by atomic mass is 16.5. The van der Waals surface area contributed by atoms with Crippen molar-refractivity contribution in [2.24, 2.45) is 0 Å². The van der Waals surface area contributed by atoms with Gasteiger partial charge in [0.2, 0.25) is 17.6 Å². The van der Waals surface area contributed by atoms with Gasteiger partial charge in [-0.2, -0.15) is 9.97 Å². The van der Waals surface area contributed by atoms with Gasteiger partial charge in [-0.05, 0) is 30.5 Å². The van der Waals surface area contributed by atoms with Gasteiger partial charge >= 0.3 is 0 Å². The quantitative estimate of drug-likeness (QED) is 0.241. The van der Waals surface area contributed by atoms with Crippen molar-refractivity contribution >= 4 is 34.5 Å². The molecular formula is C28H33N7O5. The molecule has 3 heterocycles. The number of likely N-dealkylation sites (tertiary alicyclic amines) is 1. The second-order valence-electron chi connectivity index (χ2n) is 9.37. The maximum absolute atomic E-state index is 12.1. The number of imidazole rings is 1. The largest absolute Gasteiger partial charge is 0.508 e. The molecule has 2 aromatic heterocycles. The van der Waals surface area contributed by atoms with E-state index in [-0.39, 0.29) is 11.7 Å². The van der Waals surface area contributed by atoms with Crippen LogP contribution in [-0.2, 0) is 17.8 Å². The highest BCUT2D eigenvalue weighted by Crippen LogP contribution is 2.40. The number of ether oxygens (including phenoxy) is 3. The van der Waals surface area contributed by atoms with Gasteiger partial charge in [-0.15, -0.1) is 0 Å². The molecule has 12 heteroatoms. The second-order valence-corrected chi connectivity index (χ2v) is 9.37. The van der Waals surface area contributed by atoms with Crippen molar-refractivity contribution in [1.82, 2.24) is 24.4 Å². The Hall–Kier alpha value is -4.74. The van der Waals surface area contributed by atoms with E-state index >= 15 is 0 Å². The molecule has 2 aromatic carbocycles. The molecule has 1 fully saturated rings. The summed E-state index contributed by atoms with van der Waals surface area (Å²) in [6, 6.07) is 10.7. The van der Waals surface area contributed by atoms with E-state index in [1.807, 2.05) is 21.6 Å². The number of hydrogen-bond acceptors (Lipinski definition) is 10. The Morgan fingerprint density at radius 2 is 1.75 bits per heavy atom. The molecule has 0 atom stereocenters. The average Bonchev–Trinajstić information content (AvgIpc) is 3.57. The van der Waals surface area contributed by atoms with E-state index in [1.165, 1.54) is 0 Å². The second kappa shape index (κ2) is 12.0. The number of rotatable bonds is 12. The van der Waals surface area contributed by atoms with Crippen LogP contribution < -0.4 is 24.8 Å². The minimum absolute atomic E-state index is 0.181. The Balaban J connectivity index is 1.44. The number of nitrogens with zero attached hydrogens (tertiary/aromatic N) is 5. The molecule has 0 aliphatic carbocycles. The van der Waals surface area contributed by atoms with Crippen molar-refractivity contribution < 1.29 is 24.1 Å². The summed E-state index contributed by atoms with van der Waals surface area (Å²) >= 11 is 0. The standard InChI is InChI=1S/C28H33N7O5/c1-38-21-15-19(16-22(39-2)25(21)40-3)31-28-32-26(29-11-10-18-6-8-20(36)9-7-18)24-27(33-28)35(17-30-24)14-13-34-12-4-5-23(34)37/h6-9,15-17,36H,4-5,10-14H2,1-3H3,(H2,29,31,32,33). The van der Waals surface area contributed by atoms with Crippen molar-refractivity contribution in [3.63, 3.8) is 0 Å². The fourth-order valence-electron chi connectivity index (χ4n) is 4.73.